The first kappa shape index (κ1) is 15.1. The van der Waals surface area contributed by atoms with Crippen LogP contribution in [0.2, 0.25) is 5.02 Å². The third-order valence-corrected chi connectivity index (χ3v) is 3.31. The Balaban J connectivity index is 2.14. The van der Waals surface area contributed by atoms with E-state index in [9.17, 15) is 9.59 Å². The number of halogens is 1. The van der Waals surface area contributed by atoms with Crippen molar-refractivity contribution in [2.75, 3.05) is 5.32 Å². The molecule has 0 aliphatic heterocycles. The molecule has 0 saturated carbocycles. The van der Waals surface area contributed by atoms with Gasteiger partial charge in [-0.3, -0.25) is 4.79 Å². The fourth-order valence-electron chi connectivity index (χ4n) is 1.97. The van der Waals surface area contributed by atoms with Crippen LogP contribution in [0.15, 0.2) is 42.5 Å². The first-order chi connectivity index (χ1) is 9.97. The summed E-state index contributed by atoms with van der Waals surface area (Å²) in [5.74, 6) is -1.36. The highest BCUT2D eigenvalue weighted by molar-refractivity contribution is 6.33. The van der Waals surface area contributed by atoms with Crippen molar-refractivity contribution in [1.82, 2.24) is 0 Å². The largest absolute Gasteiger partial charge is 0.478 e. The molecule has 2 rings (SSSR count). The highest BCUT2D eigenvalue weighted by Gasteiger charge is 2.13. The number of hydrogen-bond acceptors (Lipinski definition) is 2. The Morgan fingerprint density at radius 1 is 1.19 bits per heavy atom. The summed E-state index contributed by atoms with van der Waals surface area (Å²) in [6.07, 6.45) is -0.0212. The van der Waals surface area contributed by atoms with E-state index >= 15 is 0 Å². The zero-order valence-corrected chi connectivity index (χ0v) is 12.1. The van der Waals surface area contributed by atoms with Crippen molar-refractivity contribution >= 4 is 29.2 Å². The predicted molar refractivity (Wildman–Crippen MR) is 81.9 cm³/mol. The normalized spacial score (nSPS) is 10.2. The predicted octanol–water partition coefficient (Wildman–Crippen LogP) is 3.53. The number of hydrogen-bond donors (Lipinski definition) is 2. The molecule has 0 bridgehead atoms. The molecule has 0 aliphatic carbocycles. The summed E-state index contributed by atoms with van der Waals surface area (Å²) >= 11 is 6.05. The van der Waals surface area contributed by atoms with Gasteiger partial charge in [-0.25, -0.2) is 4.79 Å². The molecule has 2 N–H and O–H groups in total. The molecule has 0 radical (unpaired) electrons. The van der Waals surface area contributed by atoms with Gasteiger partial charge in [0.05, 0.1) is 22.7 Å². The molecular formula is C16H14ClNO3. The monoisotopic (exact) mass is 303 g/mol. The van der Waals surface area contributed by atoms with Gasteiger partial charge in [-0.05, 0) is 36.2 Å². The van der Waals surface area contributed by atoms with Gasteiger partial charge in [-0.2, -0.15) is 0 Å². The molecule has 0 fully saturated rings. The van der Waals surface area contributed by atoms with Gasteiger partial charge in [-0.1, -0.05) is 35.9 Å². The molecule has 108 valence electrons. The average molecular weight is 304 g/mol. The van der Waals surface area contributed by atoms with E-state index in [-0.39, 0.29) is 17.9 Å². The summed E-state index contributed by atoms with van der Waals surface area (Å²) in [6.45, 7) is 1.90. The van der Waals surface area contributed by atoms with Crippen molar-refractivity contribution in [3.63, 3.8) is 0 Å². The number of aryl methyl sites for hydroxylation is 1. The molecule has 0 unspecified atom stereocenters. The topological polar surface area (TPSA) is 66.4 Å². The highest BCUT2D eigenvalue weighted by atomic mass is 35.5. The first-order valence-corrected chi connectivity index (χ1v) is 6.72. The Labute approximate surface area is 127 Å². The zero-order chi connectivity index (χ0) is 15.4. The molecule has 0 saturated heterocycles. The number of anilines is 1. The molecule has 2 aromatic carbocycles. The molecule has 0 atom stereocenters. The van der Waals surface area contributed by atoms with Crippen LogP contribution in [-0.2, 0) is 11.2 Å². The van der Waals surface area contributed by atoms with Crippen LogP contribution in [0.3, 0.4) is 0 Å². The molecule has 0 heterocycles. The molecule has 5 heteroatoms. The number of carbonyl (C=O) groups is 2. The second-order valence-electron chi connectivity index (χ2n) is 4.67. The van der Waals surface area contributed by atoms with E-state index in [1.54, 1.807) is 30.3 Å². The number of nitrogens with one attached hydrogen (secondary N) is 1. The van der Waals surface area contributed by atoms with Crippen LogP contribution in [0.25, 0.3) is 0 Å². The van der Waals surface area contributed by atoms with Crippen LogP contribution in [0, 0.1) is 6.92 Å². The second-order valence-corrected chi connectivity index (χ2v) is 5.08. The molecule has 0 aliphatic rings. The van der Waals surface area contributed by atoms with E-state index in [2.05, 4.69) is 5.32 Å². The lowest BCUT2D eigenvalue weighted by molar-refractivity contribution is -0.115. The third kappa shape index (κ3) is 3.83. The van der Waals surface area contributed by atoms with Crippen LogP contribution >= 0.6 is 11.6 Å². The smallest absolute Gasteiger partial charge is 0.335 e. The first-order valence-electron chi connectivity index (χ1n) is 6.34. The van der Waals surface area contributed by atoms with Gasteiger partial charge in [0.15, 0.2) is 0 Å². The Kier molecular flexibility index (Phi) is 4.60. The lowest BCUT2D eigenvalue weighted by Gasteiger charge is -2.09. The maximum atomic E-state index is 12.0. The SMILES string of the molecule is Cc1ccc(NC(=O)Cc2ccccc2C(=O)O)c(Cl)c1. The fourth-order valence-corrected chi connectivity index (χ4v) is 2.25. The Morgan fingerprint density at radius 3 is 2.57 bits per heavy atom. The van der Waals surface area contributed by atoms with Crippen LogP contribution in [0.5, 0.6) is 0 Å². The zero-order valence-electron chi connectivity index (χ0n) is 11.4. The second kappa shape index (κ2) is 6.41. The average Bonchev–Trinajstić information content (AvgIpc) is 2.42. The van der Waals surface area contributed by atoms with Crippen molar-refractivity contribution in [3.8, 4) is 0 Å². The van der Waals surface area contributed by atoms with Crippen molar-refractivity contribution < 1.29 is 14.7 Å². The number of benzene rings is 2. The van der Waals surface area contributed by atoms with Crippen molar-refractivity contribution in [2.24, 2.45) is 0 Å². The van der Waals surface area contributed by atoms with E-state index in [1.165, 1.54) is 6.07 Å². The third-order valence-electron chi connectivity index (χ3n) is 3.00. The number of rotatable bonds is 4. The summed E-state index contributed by atoms with van der Waals surface area (Å²) in [5, 5.41) is 12.2. The van der Waals surface area contributed by atoms with Crippen LogP contribution in [0.4, 0.5) is 5.69 Å². The summed E-state index contributed by atoms with van der Waals surface area (Å²) < 4.78 is 0. The Morgan fingerprint density at radius 2 is 1.90 bits per heavy atom. The maximum absolute atomic E-state index is 12.0. The van der Waals surface area contributed by atoms with Gasteiger partial charge < -0.3 is 10.4 Å². The number of carbonyl (C=O) groups excluding carboxylic acids is 1. The van der Waals surface area contributed by atoms with Gasteiger partial charge in [0.2, 0.25) is 5.91 Å². The summed E-state index contributed by atoms with van der Waals surface area (Å²) in [4.78, 5) is 23.1. The van der Waals surface area contributed by atoms with Gasteiger partial charge in [0, 0.05) is 0 Å². The number of carboxylic acids is 1. The lowest BCUT2D eigenvalue weighted by atomic mass is 10.0. The van der Waals surface area contributed by atoms with Gasteiger partial charge in [0.1, 0.15) is 0 Å². The van der Waals surface area contributed by atoms with Crippen LogP contribution in [0.1, 0.15) is 21.5 Å². The number of carboxylic acid groups (broad SMARTS) is 1. The lowest BCUT2D eigenvalue weighted by Crippen LogP contribution is -2.16. The maximum Gasteiger partial charge on any atom is 0.335 e. The van der Waals surface area contributed by atoms with Crippen molar-refractivity contribution in [2.45, 2.75) is 13.3 Å². The molecule has 1 amide bonds. The minimum atomic E-state index is -1.05. The molecule has 0 spiro atoms. The van der Waals surface area contributed by atoms with E-state index in [4.69, 9.17) is 16.7 Å². The van der Waals surface area contributed by atoms with E-state index in [0.717, 1.165) is 5.56 Å². The quantitative estimate of drug-likeness (QED) is 0.908. The standard InChI is InChI=1S/C16H14ClNO3/c1-10-6-7-14(13(17)8-10)18-15(19)9-11-4-2-3-5-12(11)16(20)21/h2-8H,9H2,1H3,(H,18,19)(H,20,21). The summed E-state index contributed by atoms with van der Waals surface area (Å²) in [6, 6.07) is 11.7. The fraction of sp³-hybridized carbons (Fsp3) is 0.125. The van der Waals surface area contributed by atoms with E-state index < -0.39 is 5.97 Å². The van der Waals surface area contributed by atoms with E-state index in [0.29, 0.717) is 16.3 Å². The highest BCUT2D eigenvalue weighted by Crippen LogP contribution is 2.23. The van der Waals surface area contributed by atoms with Gasteiger partial charge in [-0.15, -0.1) is 0 Å². The molecule has 4 nitrogen and oxygen atoms in total. The molecular weight excluding hydrogens is 290 g/mol. The molecule has 2 aromatic rings. The number of amides is 1. The van der Waals surface area contributed by atoms with Crippen LogP contribution < -0.4 is 5.32 Å². The summed E-state index contributed by atoms with van der Waals surface area (Å²) in [5.41, 5.74) is 2.10. The Hall–Kier alpha value is -2.33. The van der Waals surface area contributed by atoms with Crippen LogP contribution in [-0.4, -0.2) is 17.0 Å². The summed E-state index contributed by atoms with van der Waals surface area (Å²) in [7, 11) is 0. The Bertz CT molecular complexity index is 698. The molecule has 21 heavy (non-hydrogen) atoms. The van der Waals surface area contributed by atoms with E-state index in [1.807, 2.05) is 13.0 Å². The van der Waals surface area contributed by atoms with Crippen molar-refractivity contribution in [3.05, 3.63) is 64.2 Å². The van der Waals surface area contributed by atoms with Gasteiger partial charge >= 0.3 is 5.97 Å². The van der Waals surface area contributed by atoms with Gasteiger partial charge in [0.25, 0.3) is 0 Å². The van der Waals surface area contributed by atoms with Crippen molar-refractivity contribution in [1.29, 1.82) is 0 Å². The number of aromatic carboxylic acids is 1. The minimum Gasteiger partial charge on any atom is -0.478 e. The minimum absolute atomic E-state index is 0.0212. The molecule has 0 aromatic heterocycles.